The Morgan fingerprint density at radius 2 is 1.82 bits per heavy atom. The summed E-state index contributed by atoms with van der Waals surface area (Å²) in [5.41, 5.74) is 1.19. The molecule has 4 aliphatic rings. The summed E-state index contributed by atoms with van der Waals surface area (Å²) >= 11 is 0. The number of fused-ring (bicyclic) bond motifs is 6. The maximum atomic E-state index is 6.10. The van der Waals surface area contributed by atoms with E-state index in [0.717, 1.165) is 37.1 Å². The number of ether oxygens (including phenoxy) is 3. The van der Waals surface area contributed by atoms with E-state index in [2.05, 4.69) is 41.2 Å². The average molecular weight is 499 g/mol. The Hall–Kier alpha value is -1.22. The van der Waals surface area contributed by atoms with E-state index in [1.807, 2.05) is 13.1 Å². The minimum Gasteiger partial charge on any atom is -0.454 e. The van der Waals surface area contributed by atoms with Crippen LogP contribution in [0.5, 0.6) is 11.5 Å². The van der Waals surface area contributed by atoms with Crippen LogP contribution in [-0.4, -0.2) is 56.5 Å². The molecule has 4 heterocycles. The van der Waals surface area contributed by atoms with Gasteiger partial charge in [0.15, 0.2) is 17.5 Å². The second-order valence-corrected chi connectivity index (χ2v) is 8.88. The van der Waals surface area contributed by atoms with E-state index in [9.17, 15) is 0 Å². The van der Waals surface area contributed by atoms with E-state index in [1.54, 1.807) is 0 Å². The first-order chi connectivity index (χ1) is 13.0. The highest BCUT2D eigenvalue weighted by atomic mass is 127. The zero-order valence-electron chi connectivity index (χ0n) is 16.8. The fourth-order valence-electron chi connectivity index (χ4n) is 5.18. The monoisotopic (exact) mass is 499 g/mol. The highest BCUT2D eigenvalue weighted by Crippen LogP contribution is 2.47. The second kappa shape index (κ2) is 7.55. The lowest BCUT2D eigenvalue weighted by atomic mass is 9.82. The number of likely N-dealkylation sites (tertiary alicyclic amines) is 1. The molecule has 1 aromatic carbocycles. The number of nitrogens with zero attached hydrogens (tertiary/aromatic N) is 2. The van der Waals surface area contributed by atoms with E-state index in [1.165, 1.54) is 18.4 Å². The van der Waals surface area contributed by atoms with Crippen molar-refractivity contribution in [3.8, 4) is 11.5 Å². The van der Waals surface area contributed by atoms with Crippen molar-refractivity contribution in [2.24, 2.45) is 16.8 Å². The predicted molar refractivity (Wildman–Crippen MR) is 119 cm³/mol. The van der Waals surface area contributed by atoms with Crippen molar-refractivity contribution in [1.29, 1.82) is 0 Å². The molecule has 7 heteroatoms. The number of nitrogens with one attached hydrogen (secondary N) is 1. The molecule has 3 fully saturated rings. The van der Waals surface area contributed by atoms with Gasteiger partial charge in [-0.05, 0) is 30.5 Å². The smallest absolute Gasteiger partial charge is 0.231 e. The summed E-state index contributed by atoms with van der Waals surface area (Å²) in [6.45, 7) is 7.75. The number of hydrogen-bond acceptors (Lipinski definition) is 4. The highest BCUT2D eigenvalue weighted by molar-refractivity contribution is 14.0. The first-order valence-electron chi connectivity index (χ1n) is 10.1. The van der Waals surface area contributed by atoms with Crippen molar-refractivity contribution in [1.82, 2.24) is 10.2 Å². The fraction of sp³-hybridized carbons (Fsp3) is 0.667. The zero-order chi connectivity index (χ0) is 18.6. The molecule has 0 aromatic heterocycles. The Morgan fingerprint density at radius 3 is 2.50 bits per heavy atom. The van der Waals surface area contributed by atoms with Gasteiger partial charge >= 0.3 is 0 Å². The number of hydrogen-bond donors (Lipinski definition) is 1. The van der Waals surface area contributed by atoms with Crippen molar-refractivity contribution in [2.45, 2.75) is 44.3 Å². The minimum absolute atomic E-state index is 0. The summed E-state index contributed by atoms with van der Waals surface area (Å²) in [5.74, 6) is 4.05. The number of halogens is 1. The van der Waals surface area contributed by atoms with Crippen molar-refractivity contribution < 1.29 is 14.2 Å². The molecule has 4 aliphatic heterocycles. The van der Waals surface area contributed by atoms with E-state index in [-0.39, 0.29) is 29.4 Å². The summed E-state index contributed by atoms with van der Waals surface area (Å²) < 4.78 is 17.1. The van der Waals surface area contributed by atoms with Gasteiger partial charge in [0.2, 0.25) is 6.79 Å². The lowest BCUT2D eigenvalue weighted by Gasteiger charge is -2.30. The van der Waals surface area contributed by atoms with Crippen LogP contribution in [0.3, 0.4) is 0 Å². The highest BCUT2D eigenvalue weighted by Gasteiger charge is 2.53. The van der Waals surface area contributed by atoms with Crippen LogP contribution < -0.4 is 14.8 Å². The second-order valence-electron chi connectivity index (χ2n) is 8.88. The van der Waals surface area contributed by atoms with Gasteiger partial charge in [-0.3, -0.25) is 4.99 Å². The zero-order valence-corrected chi connectivity index (χ0v) is 19.1. The number of rotatable bonds is 3. The van der Waals surface area contributed by atoms with Gasteiger partial charge < -0.3 is 24.4 Å². The average Bonchev–Trinajstić information content (AvgIpc) is 3.42. The fourth-order valence-corrected chi connectivity index (χ4v) is 5.18. The quantitative estimate of drug-likeness (QED) is 0.394. The molecule has 0 spiro atoms. The van der Waals surface area contributed by atoms with E-state index < -0.39 is 0 Å². The minimum atomic E-state index is -0.0470. The van der Waals surface area contributed by atoms with E-state index in [4.69, 9.17) is 14.2 Å². The van der Waals surface area contributed by atoms with Gasteiger partial charge in [-0.1, -0.05) is 19.9 Å². The molecule has 28 heavy (non-hydrogen) atoms. The van der Waals surface area contributed by atoms with Crippen LogP contribution in [0.2, 0.25) is 0 Å². The summed E-state index contributed by atoms with van der Waals surface area (Å²) in [5, 5.41) is 3.62. The Morgan fingerprint density at radius 1 is 1.14 bits per heavy atom. The third kappa shape index (κ3) is 3.34. The van der Waals surface area contributed by atoms with Crippen LogP contribution in [0.15, 0.2) is 23.2 Å². The Balaban J connectivity index is 0.00000192. The van der Waals surface area contributed by atoms with Gasteiger partial charge in [0.25, 0.3) is 0 Å². The molecule has 5 rings (SSSR count). The molecule has 1 aromatic rings. The molecular formula is C21H30IN3O3. The Labute approximate surface area is 184 Å². The summed E-state index contributed by atoms with van der Waals surface area (Å²) in [6, 6.07) is 6.24. The van der Waals surface area contributed by atoms with Crippen LogP contribution >= 0.6 is 24.0 Å². The third-order valence-electron chi connectivity index (χ3n) is 6.81. The standard InChI is InChI=1S/C21H29N3O3.HI/c1-21(2,13-4-5-18-19(8-13)26-12-25-18)11-23-20(22-3)24-9-14-15(10-24)17-7-6-16(14)27-17;/h4-5,8,14-17H,6-7,9-12H2,1-3H3,(H,22,23);1H. The first kappa shape index (κ1) is 20.1. The van der Waals surface area contributed by atoms with Gasteiger partial charge in [0.1, 0.15) is 0 Å². The molecule has 4 unspecified atom stereocenters. The molecule has 154 valence electrons. The van der Waals surface area contributed by atoms with Gasteiger partial charge in [-0.25, -0.2) is 0 Å². The molecule has 0 radical (unpaired) electrons. The van der Waals surface area contributed by atoms with Crippen LogP contribution in [0.25, 0.3) is 0 Å². The predicted octanol–water partition coefficient (Wildman–Crippen LogP) is 3.00. The third-order valence-corrected chi connectivity index (χ3v) is 6.81. The molecule has 0 aliphatic carbocycles. The van der Waals surface area contributed by atoms with Crippen molar-refractivity contribution >= 4 is 29.9 Å². The molecule has 6 nitrogen and oxygen atoms in total. The van der Waals surface area contributed by atoms with Gasteiger partial charge in [0.05, 0.1) is 12.2 Å². The van der Waals surface area contributed by atoms with Crippen LogP contribution in [-0.2, 0) is 10.2 Å². The van der Waals surface area contributed by atoms with E-state index in [0.29, 0.717) is 30.8 Å². The molecule has 4 atom stereocenters. The summed E-state index contributed by atoms with van der Waals surface area (Å²) in [7, 11) is 1.88. The van der Waals surface area contributed by atoms with Gasteiger partial charge in [-0.2, -0.15) is 0 Å². The maximum absolute atomic E-state index is 6.10. The Bertz CT molecular complexity index is 751. The topological polar surface area (TPSA) is 55.3 Å². The van der Waals surface area contributed by atoms with E-state index >= 15 is 0 Å². The normalized spacial score (nSPS) is 30.4. The summed E-state index contributed by atoms with van der Waals surface area (Å²) in [4.78, 5) is 7.00. The largest absolute Gasteiger partial charge is 0.454 e. The van der Waals surface area contributed by atoms with Crippen molar-refractivity contribution in [3.05, 3.63) is 23.8 Å². The summed E-state index contributed by atoms with van der Waals surface area (Å²) in [6.07, 6.45) is 3.44. The number of benzene rings is 1. The molecule has 2 bridgehead atoms. The molecule has 1 N–H and O–H groups in total. The molecule has 3 saturated heterocycles. The lowest BCUT2D eigenvalue weighted by Crippen LogP contribution is -2.45. The number of aliphatic imine (C=N–C) groups is 1. The SMILES string of the molecule is CN=C(NCC(C)(C)c1ccc2c(c1)OCO2)N1CC2C3CCC(O3)C2C1.I. The first-order valence-corrected chi connectivity index (χ1v) is 10.1. The maximum Gasteiger partial charge on any atom is 0.231 e. The van der Waals surface area contributed by atoms with Gasteiger partial charge in [-0.15, -0.1) is 24.0 Å². The molecule has 0 amide bonds. The molecule has 0 saturated carbocycles. The van der Waals surface area contributed by atoms with Crippen molar-refractivity contribution in [2.75, 3.05) is 33.5 Å². The van der Waals surface area contributed by atoms with Crippen LogP contribution in [0, 0.1) is 11.8 Å². The lowest BCUT2D eigenvalue weighted by molar-refractivity contribution is 0.0767. The van der Waals surface area contributed by atoms with Crippen LogP contribution in [0.1, 0.15) is 32.3 Å². The Kier molecular flexibility index (Phi) is 5.41. The van der Waals surface area contributed by atoms with Crippen LogP contribution in [0.4, 0.5) is 0 Å². The van der Waals surface area contributed by atoms with Crippen molar-refractivity contribution in [3.63, 3.8) is 0 Å². The number of guanidine groups is 1. The molecular weight excluding hydrogens is 469 g/mol. The van der Waals surface area contributed by atoms with Gasteiger partial charge in [0, 0.05) is 43.9 Å².